The molecule has 0 atom stereocenters. The molecule has 1 saturated heterocycles. The van der Waals surface area contributed by atoms with E-state index in [9.17, 15) is 4.79 Å². The molecule has 1 fully saturated rings. The molecule has 1 heterocycles. The molecule has 2 aromatic rings. The number of carbonyl (C=O) groups is 1. The molecule has 2 aromatic carbocycles. The average Bonchev–Trinajstić information content (AvgIpc) is 2.63. The molecule has 0 radical (unpaired) electrons. The molecule has 1 aliphatic heterocycles. The van der Waals surface area contributed by atoms with Crippen molar-refractivity contribution in [1.82, 2.24) is 0 Å². The van der Waals surface area contributed by atoms with Crippen molar-refractivity contribution in [2.45, 2.75) is 6.42 Å². The molecule has 25 heavy (non-hydrogen) atoms. The lowest BCUT2D eigenvalue weighted by Crippen LogP contribution is -2.36. The predicted molar refractivity (Wildman–Crippen MR) is 102 cm³/mol. The Morgan fingerprint density at radius 2 is 1.96 bits per heavy atom. The third kappa shape index (κ3) is 5.47. The van der Waals surface area contributed by atoms with Gasteiger partial charge in [-0.1, -0.05) is 28.1 Å². The summed E-state index contributed by atoms with van der Waals surface area (Å²) in [5, 5.41) is 2.93. The summed E-state index contributed by atoms with van der Waals surface area (Å²) in [6, 6.07) is 15.5. The van der Waals surface area contributed by atoms with Gasteiger partial charge in [0.05, 0.1) is 26.2 Å². The smallest absolute Gasteiger partial charge is 0.227 e. The van der Waals surface area contributed by atoms with Gasteiger partial charge in [0.2, 0.25) is 5.91 Å². The van der Waals surface area contributed by atoms with Crippen LogP contribution in [-0.4, -0.2) is 38.8 Å². The summed E-state index contributed by atoms with van der Waals surface area (Å²) < 4.78 is 11.9. The Morgan fingerprint density at radius 3 is 2.76 bits per heavy atom. The van der Waals surface area contributed by atoms with Crippen LogP contribution in [0.25, 0.3) is 0 Å². The quantitative estimate of drug-likeness (QED) is 0.797. The van der Waals surface area contributed by atoms with Gasteiger partial charge >= 0.3 is 0 Å². The van der Waals surface area contributed by atoms with Crippen molar-refractivity contribution in [3.8, 4) is 5.75 Å². The number of halogens is 1. The first-order valence-corrected chi connectivity index (χ1v) is 9.11. The number of rotatable bonds is 6. The number of ether oxygens (including phenoxy) is 2. The summed E-state index contributed by atoms with van der Waals surface area (Å²) in [6.45, 7) is 3.56. The van der Waals surface area contributed by atoms with Crippen molar-refractivity contribution in [3.63, 3.8) is 0 Å². The third-order valence-corrected chi connectivity index (χ3v) is 4.39. The number of benzene rings is 2. The lowest BCUT2D eigenvalue weighted by atomic mass is 10.2. The van der Waals surface area contributed by atoms with E-state index in [1.54, 1.807) is 0 Å². The fourth-order valence-corrected chi connectivity index (χ4v) is 3.02. The molecule has 1 aliphatic rings. The minimum absolute atomic E-state index is 0.0610. The Kier molecular flexibility index (Phi) is 6.30. The van der Waals surface area contributed by atoms with Gasteiger partial charge in [0.15, 0.2) is 0 Å². The SMILES string of the molecule is O=C(CCOc1cccc(Br)c1)Nc1cccc(N2CCOCC2)c1. The number of nitrogens with one attached hydrogen (secondary N) is 1. The van der Waals surface area contributed by atoms with E-state index in [0.717, 1.165) is 47.9 Å². The van der Waals surface area contributed by atoms with E-state index in [0.29, 0.717) is 13.0 Å². The van der Waals surface area contributed by atoms with Crippen molar-refractivity contribution >= 4 is 33.2 Å². The highest BCUT2D eigenvalue weighted by atomic mass is 79.9. The Bertz CT molecular complexity index is 717. The first kappa shape index (κ1) is 17.8. The van der Waals surface area contributed by atoms with Crippen molar-refractivity contribution in [2.75, 3.05) is 43.1 Å². The Hall–Kier alpha value is -2.05. The average molecular weight is 405 g/mol. The van der Waals surface area contributed by atoms with Crippen LogP contribution in [0.5, 0.6) is 5.75 Å². The molecule has 0 aromatic heterocycles. The summed E-state index contributed by atoms with van der Waals surface area (Å²) >= 11 is 3.40. The number of amides is 1. The van der Waals surface area contributed by atoms with E-state index < -0.39 is 0 Å². The van der Waals surface area contributed by atoms with E-state index in [1.165, 1.54) is 0 Å². The van der Waals surface area contributed by atoms with Crippen molar-refractivity contribution < 1.29 is 14.3 Å². The first-order chi connectivity index (χ1) is 12.2. The molecule has 0 unspecified atom stereocenters. The fourth-order valence-electron chi connectivity index (χ4n) is 2.64. The Morgan fingerprint density at radius 1 is 1.16 bits per heavy atom. The second-order valence-electron chi connectivity index (χ2n) is 5.75. The molecule has 1 N–H and O–H groups in total. The largest absolute Gasteiger partial charge is 0.493 e. The Labute approximate surface area is 156 Å². The zero-order valence-corrected chi connectivity index (χ0v) is 15.5. The lowest BCUT2D eigenvalue weighted by molar-refractivity contribution is -0.116. The van der Waals surface area contributed by atoms with E-state index in [1.807, 2.05) is 42.5 Å². The fraction of sp³-hybridized carbons (Fsp3) is 0.316. The van der Waals surface area contributed by atoms with Gasteiger partial charge in [-0.2, -0.15) is 0 Å². The first-order valence-electron chi connectivity index (χ1n) is 8.32. The predicted octanol–water partition coefficient (Wildman–Crippen LogP) is 3.69. The monoisotopic (exact) mass is 404 g/mol. The van der Waals surface area contributed by atoms with Crippen LogP contribution in [0.2, 0.25) is 0 Å². The highest BCUT2D eigenvalue weighted by Gasteiger charge is 2.12. The number of hydrogen-bond donors (Lipinski definition) is 1. The number of carbonyl (C=O) groups excluding carboxylic acids is 1. The molecule has 1 amide bonds. The van der Waals surface area contributed by atoms with Crippen LogP contribution in [0, 0.1) is 0 Å². The standard InChI is InChI=1S/C19H21BrN2O3/c20-15-3-1-6-18(13-15)25-10-7-19(23)21-16-4-2-5-17(14-16)22-8-11-24-12-9-22/h1-6,13-14H,7-12H2,(H,21,23). The number of anilines is 2. The summed E-state index contributed by atoms with van der Waals surface area (Å²) in [7, 11) is 0. The van der Waals surface area contributed by atoms with Gasteiger partial charge in [-0.25, -0.2) is 0 Å². The maximum absolute atomic E-state index is 12.1. The number of morpholine rings is 1. The van der Waals surface area contributed by atoms with Gasteiger partial charge in [-0.3, -0.25) is 4.79 Å². The van der Waals surface area contributed by atoms with Crippen LogP contribution < -0.4 is 15.0 Å². The minimum atomic E-state index is -0.0610. The second kappa shape index (κ2) is 8.87. The van der Waals surface area contributed by atoms with Gasteiger partial charge in [0.1, 0.15) is 5.75 Å². The molecule has 3 rings (SSSR count). The van der Waals surface area contributed by atoms with Gasteiger partial charge < -0.3 is 19.7 Å². The molecule has 5 nitrogen and oxygen atoms in total. The topological polar surface area (TPSA) is 50.8 Å². The van der Waals surface area contributed by atoms with Crippen LogP contribution in [0.4, 0.5) is 11.4 Å². The van der Waals surface area contributed by atoms with Crippen LogP contribution >= 0.6 is 15.9 Å². The summed E-state index contributed by atoms with van der Waals surface area (Å²) in [5.41, 5.74) is 1.91. The summed E-state index contributed by atoms with van der Waals surface area (Å²) in [6.07, 6.45) is 0.300. The molecular formula is C19H21BrN2O3. The van der Waals surface area contributed by atoms with Gasteiger partial charge in [0, 0.05) is 28.9 Å². The minimum Gasteiger partial charge on any atom is -0.493 e. The number of nitrogens with zero attached hydrogens (tertiary/aromatic N) is 1. The molecule has 6 heteroatoms. The molecular weight excluding hydrogens is 384 g/mol. The zero-order valence-electron chi connectivity index (χ0n) is 13.9. The van der Waals surface area contributed by atoms with E-state index in [4.69, 9.17) is 9.47 Å². The maximum Gasteiger partial charge on any atom is 0.227 e. The van der Waals surface area contributed by atoms with Gasteiger partial charge in [0.25, 0.3) is 0 Å². The highest BCUT2D eigenvalue weighted by molar-refractivity contribution is 9.10. The maximum atomic E-state index is 12.1. The third-order valence-electron chi connectivity index (χ3n) is 3.90. The van der Waals surface area contributed by atoms with E-state index >= 15 is 0 Å². The van der Waals surface area contributed by atoms with Crippen LogP contribution in [0.15, 0.2) is 53.0 Å². The van der Waals surface area contributed by atoms with Crippen molar-refractivity contribution in [3.05, 3.63) is 53.0 Å². The van der Waals surface area contributed by atoms with Crippen LogP contribution in [0.1, 0.15) is 6.42 Å². The second-order valence-corrected chi connectivity index (χ2v) is 6.67. The van der Waals surface area contributed by atoms with Crippen molar-refractivity contribution in [2.24, 2.45) is 0 Å². The van der Waals surface area contributed by atoms with E-state index in [2.05, 4.69) is 32.2 Å². The van der Waals surface area contributed by atoms with Gasteiger partial charge in [-0.15, -0.1) is 0 Å². The van der Waals surface area contributed by atoms with Crippen LogP contribution in [-0.2, 0) is 9.53 Å². The zero-order chi connectivity index (χ0) is 17.5. The normalized spacial score (nSPS) is 14.2. The van der Waals surface area contributed by atoms with Gasteiger partial charge in [-0.05, 0) is 36.4 Å². The number of hydrogen-bond acceptors (Lipinski definition) is 4. The molecule has 0 saturated carbocycles. The highest BCUT2D eigenvalue weighted by Crippen LogP contribution is 2.21. The summed E-state index contributed by atoms with van der Waals surface area (Å²) in [4.78, 5) is 14.4. The van der Waals surface area contributed by atoms with Crippen LogP contribution in [0.3, 0.4) is 0 Å². The molecule has 0 spiro atoms. The molecule has 0 aliphatic carbocycles. The van der Waals surface area contributed by atoms with E-state index in [-0.39, 0.29) is 5.91 Å². The molecule has 132 valence electrons. The Balaban J connectivity index is 1.49. The molecule has 0 bridgehead atoms. The lowest BCUT2D eigenvalue weighted by Gasteiger charge is -2.29. The van der Waals surface area contributed by atoms with Crippen molar-refractivity contribution in [1.29, 1.82) is 0 Å². The summed E-state index contributed by atoms with van der Waals surface area (Å²) in [5.74, 6) is 0.686.